The lowest BCUT2D eigenvalue weighted by molar-refractivity contribution is 0.550. The fraction of sp³-hybridized carbons (Fsp3) is 0.364. The van der Waals surface area contributed by atoms with Crippen LogP contribution in [0.25, 0.3) is 5.69 Å². The van der Waals surface area contributed by atoms with E-state index in [2.05, 4.69) is 36.8 Å². The van der Waals surface area contributed by atoms with Crippen molar-refractivity contribution in [1.82, 2.24) is 25.5 Å². The van der Waals surface area contributed by atoms with E-state index in [-0.39, 0.29) is 11.9 Å². The summed E-state index contributed by atoms with van der Waals surface area (Å²) in [6.45, 7) is 4.81. The second kappa shape index (κ2) is 5.53. The SMILES string of the molecule is CCNC(C)c1nnnn1-c1ccc(F)c(Br)c1. The molecule has 1 heterocycles. The van der Waals surface area contributed by atoms with Crippen LogP contribution in [-0.4, -0.2) is 26.8 Å². The molecule has 0 aliphatic carbocycles. The van der Waals surface area contributed by atoms with Gasteiger partial charge in [0.1, 0.15) is 5.82 Å². The van der Waals surface area contributed by atoms with Gasteiger partial charge >= 0.3 is 0 Å². The molecule has 0 aliphatic rings. The molecule has 1 atom stereocenters. The Hall–Kier alpha value is -1.34. The summed E-state index contributed by atoms with van der Waals surface area (Å²) in [7, 11) is 0. The van der Waals surface area contributed by atoms with Crippen LogP contribution in [0.4, 0.5) is 4.39 Å². The van der Waals surface area contributed by atoms with Crippen molar-refractivity contribution < 1.29 is 4.39 Å². The van der Waals surface area contributed by atoms with Crippen molar-refractivity contribution in [3.8, 4) is 5.69 Å². The highest BCUT2D eigenvalue weighted by Crippen LogP contribution is 2.20. The molecule has 0 saturated carbocycles. The summed E-state index contributed by atoms with van der Waals surface area (Å²) in [5, 5.41) is 14.8. The van der Waals surface area contributed by atoms with E-state index in [1.54, 1.807) is 16.8 Å². The van der Waals surface area contributed by atoms with Gasteiger partial charge in [-0.25, -0.2) is 4.39 Å². The summed E-state index contributed by atoms with van der Waals surface area (Å²) >= 11 is 3.15. The number of benzene rings is 1. The van der Waals surface area contributed by atoms with E-state index < -0.39 is 0 Å². The van der Waals surface area contributed by atoms with E-state index in [1.807, 2.05) is 13.8 Å². The number of nitrogens with zero attached hydrogens (tertiary/aromatic N) is 4. The van der Waals surface area contributed by atoms with Gasteiger partial charge in [-0.2, -0.15) is 4.68 Å². The molecule has 18 heavy (non-hydrogen) atoms. The average molecular weight is 314 g/mol. The van der Waals surface area contributed by atoms with Gasteiger partial charge in [0.05, 0.1) is 16.2 Å². The quantitative estimate of drug-likeness (QED) is 0.940. The number of hydrogen-bond donors (Lipinski definition) is 1. The van der Waals surface area contributed by atoms with Crippen molar-refractivity contribution in [2.75, 3.05) is 6.54 Å². The number of nitrogens with one attached hydrogen (secondary N) is 1. The molecule has 0 radical (unpaired) electrons. The summed E-state index contributed by atoms with van der Waals surface area (Å²) < 4.78 is 15.2. The van der Waals surface area contributed by atoms with Crippen LogP contribution in [-0.2, 0) is 0 Å². The molecule has 0 saturated heterocycles. The Balaban J connectivity index is 2.39. The van der Waals surface area contributed by atoms with E-state index in [1.165, 1.54) is 6.07 Å². The minimum atomic E-state index is -0.312. The van der Waals surface area contributed by atoms with Crippen molar-refractivity contribution in [2.45, 2.75) is 19.9 Å². The molecule has 0 bridgehead atoms. The molecule has 1 N–H and O–H groups in total. The Morgan fingerprint density at radius 1 is 1.50 bits per heavy atom. The number of tetrazole rings is 1. The van der Waals surface area contributed by atoms with Gasteiger partial charge in [-0.3, -0.25) is 0 Å². The lowest BCUT2D eigenvalue weighted by Gasteiger charge is -2.12. The van der Waals surface area contributed by atoms with Crippen LogP contribution in [0.3, 0.4) is 0 Å². The van der Waals surface area contributed by atoms with Crippen molar-refractivity contribution in [2.24, 2.45) is 0 Å². The average Bonchev–Trinajstić information content (AvgIpc) is 2.82. The van der Waals surface area contributed by atoms with Crippen molar-refractivity contribution in [1.29, 1.82) is 0 Å². The first-order valence-corrected chi connectivity index (χ1v) is 6.40. The first-order valence-electron chi connectivity index (χ1n) is 5.60. The van der Waals surface area contributed by atoms with E-state index in [9.17, 15) is 4.39 Å². The first kappa shape index (κ1) is 13.1. The van der Waals surface area contributed by atoms with Crippen LogP contribution in [0, 0.1) is 5.82 Å². The van der Waals surface area contributed by atoms with Crippen LogP contribution in [0.1, 0.15) is 25.7 Å². The highest BCUT2D eigenvalue weighted by Gasteiger charge is 2.15. The van der Waals surface area contributed by atoms with Crippen LogP contribution in [0.5, 0.6) is 0 Å². The maximum Gasteiger partial charge on any atom is 0.173 e. The zero-order chi connectivity index (χ0) is 13.1. The van der Waals surface area contributed by atoms with Gasteiger partial charge in [-0.1, -0.05) is 6.92 Å². The van der Waals surface area contributed by atoms with E-state index in [4.69, 9.17) is 0 Å². The fourth-order valence-corrected chi connectivity index (χ4v) is 2.03. The standard InChI is InChI=1S/C11H13BrFN5/c1-3-14-7(2)11-15-16-17-18(11)8-4-5-10(13)9(12)6-8/h4-7,14H,3H2,1-2H3. The number of halogens is 2. The summed E-state index contributed by atoms with van der Waals surface area (Å²) in [6.07, 6.45) is 0. The van der Waals surface area contributed by atoms with Crippen molar-refractivity contribution in [3.63, 3.8) is 0 Å². The number of hydrogen-bond acceptors (Lipinski definition) is 4. The van der Waals surface area contributed by atoms with E-state index >= 15 is 0 Å². The van der Waals surface area contributed by atoms with Gasteiger partial charge in [0.2, 0.25) is 0 Å². The monoisotopic (exact) mass is 313 g/mol. The highest BCUT2D eigenvalue weighted by molar-refractivity contribution is 9.10. The minimum Gasteiger partial charge on any atom is -0.308 e. The van der Waals surface area contributed by atoms with Crippen LogP contribution >= 0.6 is 15.9 Å². The molecular weight excluding hydrogens is 301 g/mol. The predicted octanol–water partition coefficient (Wildman–Crippen LogP) is 2.23. The number of rotatable bonds is 4. The van der Waals surface area contributed by atoms with Crippen molar-refractivity contribution >= 4 is 15.9 Å². The van der Waals surface area contributed by atoms with Gasteiger partial charge in [0.25, 0.3) is 0 Å². The molecule has 0 amide bonds. The lowest BCUT2D eigenvalue weighted by atomic mass is 10.2. The molecule has 1 aromatic carbocycles. The Bertz CT molecular complexity index is 542. The first-order chi connectivity index (χ1) is 8.63. The molecule has 1 unspecified atom stereocenters. The molecule has 7 heteroatoms. The molecule has 2 rings (SSSR count). The van der Waals surface area contributed by atoms with Gasteiger partial charge in [0.15, 0.2) is 5.82 Å². The number of aromatic nitrogens is 4. The maximum absolute atomic E-state index is 13.2. The molecule has 0 aliphatic heterocycles. The smallest absolute Gasteiger partial charge is 0.173 e. The Morgan fingerprint density at radius 2 is 2.28 bits per heavy atom. The molecular formula is C11H13BrFN5. The maximum atomic E-state index is 13.2. The third kappa shape index (κ3) is 2.56. The van der Waals surface area contributed by atoms with Crippen LogP contribution in [0.15, 0.2) is 22.7 Å². The van der Waals surface area contributed by atoms with Crippen LogP contribution in [0.2, 0.25) is 0 Å². The molecule has 2 aromatic rings. The topological polar surface area (TPSA) is 55.6 Å². The van der Waals surface area contributed by atoms with Gasteiger partial charge < -0.3 is 5.32 Å². The molecule has 5 nitrogen and oxygen atoms in total. The van der Waals surface area contributed by atoms with Crippen LogP contribution < -0.4 is 5.32 Å². The second-order valence-electron chi connectivity index (χ2n) is 3.83. The lowest BCUT2D eigenvalue weighted by Crippen LogP contribution is -2.21. The molecule has 0 spiro atoms. The van der Waals surface area contributed by atoms with Gasteiger partial charge in [-0.15, -0.1) is 5.10 Å². The second-order valence-corrected chi connectivity index (χ2v) is 4.68. The summed E-state index contributed by atoms with van der Waals surface area (Å²) in [5.41, 5.74) is 0.716. The van der Waals surface area contributed by atoms with E-state index in [0.29, 0.717) is 16.0 Å². The minimum absolute atomic E-state index is 0.0221. The van der Waals surface area contributed by atoms with Crippen molar-refractivity contribution in [3.05, 3.63) is 34.3 Å². The molecule has 96 valence electrons. The van der Waals surface area contributed by atoms with Gasteiger partial charge in [0, 0.05) is 0 Å². The van der Waals surface area contributed by atoms with Gasteiger partial charge in [-0.05, 0) is 58.0 Å². The summed E-state index contributed by atoms with van der Waals surface area (Å²) in [5.74, 6) is 0.378. The predicted molar refractivity (Wildman–Crippen MR) is 68.9 cm³/mol. The molecule has 1 aromatic heterocycles. The zero-order valence-corrected chi connectivity index (χ0v) is 11.6. The fourth-order valence-electron chi connectivity index (χ4n) is 1.66. The highest BCUT2D eigenvalue weighted by atomic mass is 79.9. The van der Waals surface area contributed by atoms with E-state index in [0.717, 1.165) is 6.54 Å². The Morgan fingerprint density at radius 3 is 2.94 bits per heavy atom. The largest absolute Gasteiger partial charge is 0.308 e. The Labute approximate surface area is 113 Å². The molecule has 0 fully saturated rings. The third-order valence-corrected chi connectivity index (χ3v) is 3.15. The third-order valence-electron chi connectivity index (χ3n) is 2.54. The Kier molecular flexibility index (Phi) is 4.03. The zero-order valence-electron chi connectivity index (χ0n) is 10.1. The normalized spacial score (nSPS) is 12.7. The summed E-state index contributed by atoms with van der Waals surface area (Å²) in [6, 6.07) is 4.68. The summed E-state index contributed by atoms with van der Waals surface area (Å²) in [4.78, 5) is 0.